The van der Waals surface area contributed by atoms with Crippen molar-refractivity contribution in [3.8, 4) is 0 Å². The number of rotatable bonds is 4. The number of carboxylic acids is 1. The molecule has 0 fully saturated rings. The van der Waals surface area contributed by atoms with Gasteiger partial charge in [0.2, 0.25) is 0 Å². The molecule has 0 bridgehead atoms. The van der Waals surface area contributed by atoms with Gasteiger partial charge in [-0.2, -0.15) is 0 Å². The molecule has 0 amide bonds. The van der Waals surface area contributed by atoms with Crippen LogP contribution >= 0.6 is 11.8 Å². The number of thioether (sulfide) groups is 1. The van der Waals surface area contributed by atoms with Gasteiger partial charge < -0.3 is 5.11 Å². The maximum Gasteiger partial charge on any atom is 0.338 e. The Morgan fingerprint density at radius 1 is 1.16 bits per heavy atom. The van der Waals surface area contributed by atoms with Crippen molar-refractivity contribution >= 4 is 22.8 Å². The normalized spacial score (nSPS) is 12.5. The van der Waals surface area contributed by atoms with E-state index in [0.717, 1.165) is 6.07 Å². The highest BCUT2D eigenvalue weighted by molar-refractivity contribution is 8.13. The van der Waals surface area contributed by atoms with E-state index < -0.39 is 23.2 Å². The summed E-state index contributed by atoms with van der Waals surface area (Å²) in [6, 6.07) is 1.34. The predicted molar refractivity (Wildman–Crippen MR) is 68.2 cm³/mol. The van der Waals surface area contributed by atoms with Crippen LogP contribution in [0.4, 0.5) is 8.78 Å². The van der Waals surface area contributed by atoms with Gasteiger partial charge in [0.15, 0.2) is 5.12 Å². The largest absolute Gasteiger partial charge is 0.478 e. The van der Waals surface area contributed by atoms with Crippen molar-refractivity contribution in [3.05, 3.63) is 29.3 Å². The Hall–Kier alpha value is -1.43. The van der Waals surface area contributed by atoms with Gasteiger partial charge in [-0.3, -0.25) is 4.79 Å². The molecule has 19 heavy (non-hydrogen) atoms. The van der Waals surface area contributed by atoms with Crippen molar-refractivity contribution in [1.29, 1.82) is 0 Å². The first-order chi connectivity index (χ1) is 8.73. The highest BCUT2D eigenvalue weighted by atomic mass is 32.2. The maximum atomic E-state index is 13.5. The molecule has 1 aromatic rings. The van der Waals surface area contributed by atoms with E-state index in [0.29, 0.717) is 17.8 Å². The van der Waals surface area contributed by atoms with E-state index in [1.807, 2.05) is 13.8 Å². The molecule has 104 valence electrons. The molecule has 1 rings (SSSR count). The lowest BCUT2D eigenvalue weighted by Crippen LogP contribution is -2.13. The Kier molecular flexibility index (Phi) is 5.05. The van der Waals surface area contributed by atoms with Crippen molar-refractivity contribution in [1.82, 2.24) is 0 Å². The minimum atomic E-state index is -1.50. The molecule has 3 nitrogen and oxygen atoms in total. The SMILES string of the molecule is CC(C)C(C)C(=O)Sc1cc(C(=O)O)c(F)cc1F. The first-order valence-electron chi connectivity index (χ1n) is 5.68. The van der Waals surface area contributed by atoms with Crippen molar-refractivity contribution in [2.45, 2.75) is 25.7 Å². The first kappa shape index (κ1) is 15.6. The summed E-state index contributed by atoms with van der Waals surface area (Å²) in [7, 11) is 0. The number of hydrogen-bond donors (Lipinski definition) is 1. The topological polar surface area (TPSA) is 54.4 Å². The molecule has 0 aliphatic heterocycles. The minimum absolute atomic E-state index is 0.0856. The van der Waals surface area contributed by atoms with E-state index in [-0.39, 0.29) is 21.8 Å². The van der Waals surface area contributed by atoms with Crippen LogP contribution in [0.3, 0.4) is 0 Å². The third-order valence-corrected chi connectivity index (χ3v) is 3.94. The minimum Gasteiger partial charge on any atom is -0.478 e. The Morgan fingerprint density at radius 3 is 2.21 bits per heavy atom. The molecule has 0 radical (unpaired) electrons. The van der Waals surface area contributed by atoms with Gasteiger partial charge in [-0.1, -0.05) is 20.8 Å². The summed E-state index contributed by atoms with van der Waals surface area (Å²) in [6.07, 6.45) is 0. The number of carboxylic acid groups (broad SMARTS) is 1. The third kappa shape index (κ3) is 3.76. The van der Waals surface area contributed by atoms with E-state index in [9.17, 15) is 18.4 Å². The fraction of sp³-hybridized carbons (Fsp3) is 0.385. The van der Waals surface area contributed by atoms with Crippen molar-refractivity contribution in [2.75, 3.05) is 0 Å². The van der Waals surface area contributed by atoms with Gasteiger partial charge >= 0.3 is 5.97 Å². The number of aromatic carboxylic acids is 1. The molecule has 0 heterocycles. The van der Waals surface area contributed by atoms with Crippen molar-refractivity contribution in [3.63, 3.8) is 0 Å². The smallest absolute Gasteiger partial charge is 0.338 e. The van der Waals surface area contributed by atoms with Crippen LogP contribution in [-0.4, -0.2) is 16.2 Å². The van der Waals surface area contributed by atoms with Crippen molar-refractivity contribution in [2.24, 2.45) is 11.8 Å². The maximum absolute atomic E-state index is 13.5. The van der Waals surface area contributed by atoms with Gasteiger partial charge in [0.1, 0.15) is 11.6 Å². The van der Waals surface area contributed by atoms with Crippen LogP contribution < -0.4 is 0 Å². The standard InChI is InChI=1S/C13H14F2O3S/c1-6(2)7(3)13(18)19-11-4-8(12(16)17)9(14)5-10(11)15/h4-7H,1-3H3,(H,16,17). The first-order valence-corrected chi connectivity index (χ1v) is 6.49. The molecule has 0 aliphatic carbocycles. The van der Waals surface area contributed by atoms with E-state index in [4.69, 9.17) is 5.11 Å². The molecule has 0 spiro atoms. The second-order valence-corrected chi connectivity index (χ2v) is 5.57. The van der Waals surface area contributed by atoms with Crippen LogP contribution in [-0.2, 0) is 4.79 Å². The summed E-state index contributed by atoms with van der Waals surface area (Å²) in [5, 5.41) is 8.48. The third-order valence-electron chi connectivity index (χ3n) is 2.83. The van der Waals surface area contributed by atoms with E-state index in [1.54, 1.807) is 6.92 Å². The van der Waals surface area contributed by atoms with Crippen LogP contribution in [0.15, 0.2) is 17.0 Å². The van der Waals surface area contributed by atoms with Crippen LogP contribution in [0.25, 0.3) is 0 Å². The molecule has 1 unspecified atom stereocenters. The van der Waals surface area contributed by atoms with Gasteiger partial charge in [0.05, 0.1) is 10.5 Å². The average molecular weight is 288 g/mol. The van der Waals surface area contributed by atoms with E-state index >= 15 is 0 Å². The van der Waals surface area contributed by atoms with Crippen LogP contribution in [0.2, 0.25) is 0 Å². The van der Waals surface area contributed by atoms with E-state index in [2.05, 4.69) is 0 Å². The lowest BCUT2D eigenvalue weighted by atomic mass is 10.0. The predicted octanol–water partition coefficient (Wildman–Crippen LogP) is 3.57. The highest BCUT2D eigenvalue weighted by Gasteiger charge is 2.22. The summed E-state index contributed by atoms with van der Waals surface area (Å²) in [6.45, 7) is 5.42. The van der Waals surface area contributed by atoms with Crippen molar-refractivity contribution < 1.29 is 23.5 Å². The molecule has 1 aromatic carbocycles. The molecule has 6 heteroatoms. The van der Waals surface area contributed by atoms with Gasteiger partial charge in [0, 0.05) is 12.0 Å². The Labute approximate surface area is 114 Å². The quantitative estimate of drug-likeness (QED) is 0.860. The van der Waals surface area contributed by atoms with E-state index in [1.165, 1.54) is 0 Å². The zero-order valence-electron chi connectivity index (χ0n) is 10.7. The molecule has 0 aliphatic rings. The highest BCUT2D eigenvalue weighted by Crippen LogP contribution is 2.29. The monoisotopic (exact) mass is 288 g/mol. The zero-order chi connectivity index (χ0) is 14.7. The number of carbonyl (C=O) groups is 2. The lowest BCUT2D eigenvalue weighted by molar-refractivity contribution is -0.115. The van der Waals surface area contributed by atoms with Crippen LogP contribution in [0, 0.1) is 23.5 Å². The summed E-state index contributed by atoms with van der Waals surface area (Å²) < 4.78 is 26.7. The lowest BCUT2D eigenvalue weighted by Gasteiger charge is -2.13. The van der Waals surface area contributed by atoms with Gasteiger partial charge in [-0.05, 0) is 23.7 Å². The Morgan fingerprint density at radius 2 is 1.74 bits per heavy atom. The second-order valence-electron chi connectivity index (χ2n) is 4.52. The number of halogens is 2. The summed E-state index contributed by atoms with van der Waals surface area (Å²) in [5.41, 5.74) is -0.645. The van der Waals surface area contributed by atoms with Crippen LogP contribution in [0.1, 0.15) is 31.1 Å². The molecule has 1 atom stereocenters. The van der Waals surface area contributed by atoms with Gasteiger partial charge in [-0.25, -0.2) is 13.6 Å². The second kappa shape index (κ2) is 6.14. The molecule has 0 aromatic heterocycles. The molecular formula is C13H14F2O3S. The molecule has 0 saturated heterocycles. The number of hydrogen-bond acceptors (Lipinski definition) is 3. The summed E-state index contributed by atoms with van der Waals surface area (Å²) >= 11 is 0.603. The molecular weight excluding hydrogens is 274 g/mol. The fourth-order valence-electron chi connectivity index (χ4n) is 1.24. The van der Waals surface area contributed by atoms with Crippen LogP contribution in [0.5, 0.6) is 0 Å². The number of carbonyl (C=O) groups excluding carboxylic acids is 1. The summed E-state index contributed by atoms with van der Waals surface area (Å²) in [5.74, 6) is -3.80. The average Bonchev–Trinajstić information content (AvgIpc) is 2.30. The van der Waals surface area contributed by atoms with Gasteiger partial charge in [-0.15, -0.1) is 0 Å². The zero-order valence-corrected chi connectivity index (χ0v) is 11.6. The Bertz CT molecular complexity index is 515. The fourth-order valence-corrected chi connectivity index (χ4v) is 2.25. The number of benzene rings is 1. The molecule has 1 N–H and O–H groups in total. The molecule has 0 saturated carbocycles. The summed E-state index contributed by atoms with van der Waals surface area (Å²) in [4.78, 5) is 22.4. The van der Waals surface area contributed by atoms with Gasteiger partial charge in [0.25, 0.3) is 0 Å². The Balaban J connectivity index is 3.05.